The van der Waals surface area contributed by atoms with E-state index in [4.69, 9.17) is 23.7 Å². The number of ether oxygens (including phenoxy) is 5. The van der Waals surface area contributed by atoms with Crippen LogP contribution in [0.4, 0.5) is 0 Å². The van der Waals surface area contributed by atoms with Gasteiger partial charge in [0.05, 0.1) is 19.8 Å². The molecule has 1 unspecified atom stereocenters. The molecule has 2 amide bonds. The Morgan fingerprint density at radius 3 is 1.62 bits per heavy atom. The van der Waals surface area contributed by atoms with E-state index < -0.39 is 124 Å². The highest BCUT2D eigenvalue weighted by Gasteiger charge is 2.53. The van der Waals surface area contributed by atoms with Crippen molar-refractivity contribution in [1.82, 2.24) is 10.6 Å². The first-order chi connectivity index (χ1) is 18.8. The molecule has 0 aromatic carbocycles. The molecule has 0 aromatic rings. The summed E-state index contributed by atoms with van der Waals surface area (Å²) in [7, 11) is 0. The van der Waals surface area contributed by atoms with Crippen molar-refractivity contribution in [2.24, 2.45) is 0 Å². The Kier molecular flexibility index (Phi) is 11.5. The van der Waals surface area contributed by atoms with Gasteiger partial charge in [-0.05, 0) is 0 Å². The van der Waals surface area contributed by atoms with Crippen LogP contribution in [0.25, 0.3) is 0 Å². The van der Waals surface area contributed by atoms with Crippen molar-refractivity contribution < 1.29 is 79.2 Å². The first-order valence-corrected chi connectivity index (χ1v) is 12.6. The fraction of sp³-hybridized carbons (Fsp3) is 0.909. The van der Waals surface area contributed by atoms with Crippen LogP contribution in [-0.4, -0.2) is 170 Å². The van der Waals surface area contributed by atoms with Crippen molar-refractivity contribution in [1.29, 1.82) is 0 Å². The summed E-state index contributed by atoms with van der Waals surface area (Å²) in [5, 5.41) is 96.9. The van der Waals surface area contributed by atoms with E-state index in [-0.39, 0.29) is 0 Å². The number of hydrogen-bond acceptors (Lipinski definition) is 16. The highest BCUT2D eigenvalue weighted by atomic mass is 16.7. The summed E-state index contributed by atoms with van der Waals surface area (Å²) in [5.41, 5.74) is 0. The van der Waals surface area contributed by atoms with Crippen LogP contribution in [0.1, 0.15) is 13.8 Å². The summed E-state index contributed by atoms with van der Waals surface area (Å²) in [4.78, 5) is 23.2. The Labute approximate surface area is 228 Å². The van der Waals surface area contributed by atoms with Gasteiger partial charge in [0.1, 0.15) is 73.1 Å². The normalized spacial score (nSPS) is 46.0. The first kappa shape index (κ1) is 32.9. The second kappa shape index (κ2) is 14.0. The van der Waals surface area contributed by atoms with E-state index >= 15 is 0 Å². The topological polar surface area (TPSA) is 286 Å². The Bertz CT molecular complexity index is 852. The van der Waals surface area contributed by atoms with E-state index in [1.165, 1.54) is 0 Å². The molecule has 3 heterocycles. The molecule has 18 nitrogen and oxygen atoms in total. The van der Waals surface area contributed by atoms with Crippen LogP contribution in [0.2, 0.25) is 0 Å². The minimum absolute atomic E-state index is 0.624. The van der Waals surface area contributed by atoms with Gasteiger partial charge in [-0.3, -0.25) is 9.59 Å². The summed E-state index contributed by atoms with van der Waals surface area (Å²) in [6, 6.07) is -2.79. The maximum Gasteiger partial charge on any atom is 0.217 e. The van der Waals surface area contributed by atoms with Crippen molar-refractivity contribution in [2.75, 3.05) is 19.8 Å². The molecule has 232 valence electrons. The lowest BCUT2D eigenvalue weighted by Gasteiger charge is -2.48. The first-order valence-electron chi connectivity index (χ1n) is 12.6. The molecule has 3 aliphatic heterocycles. The molecule has 0 saturated carbocycles. The van der Waals surface area contributed by atoms with Gasteiger partial charge in [0, 0.05) is 13.8 Å². The van der Waals surface area contributed by atoms with Crippen molar-refractivity contribution in [3.63, 3.8) is 0 Å². The molecule has 3 rings (SSSR count). The van der Waals surface area contributed by atoms with Crippen LogP contribution in [0, 0.1) is 0 Å². The number of hydrogen-bond donors (Lipinski definition) is 11. The van der Waals surface area contributed by atoms with E-state index in [1.807, 2.05) is 0 Å². The minimum atomic E-state index is -1.93. The van der Waals surface area contributed by atoms with E-state index in [0.29, 0.717) is 0 Å². The summed E-state index contributed by atoms with van der Waals surface area (Å²) >= 11 is 0. The Morgan fingerprint density at radius 1 is 0.600 bits per heavy atom. The smallest absolute Gasteiger partial charge is 0.217 e. The Hall–Kier alpha value is -1.62. The van der Waals surface area contributed by atoms with Crippen molar-refractivity contribution in [3.8, 4) is 0 Å². The molecule has 0 aliphatic carbocycles. The van der Waals surface area contributed by atoms with E-state index in [2.05, 4.69) is 10.6 Å². The quantitative estimate of drug-likeness (QED) is 0.120. The van der Waals surface area contributed by atoms with Crippen molar-refractivity contribution in [3.05, 3.63) is 0 Å². The highest BCUT2D eigenvalue weighted by molar-refractivity contribution is 5.73. The number of carbonyl (C=O) groups excluding carboxylic acids is 2. The molecular weight excluding hydrogens is 548 g/mol. The zero-order chi connectivity index (χ0) is 29.9. The minimum Gasteiger partial charge on any atom is -0.394 e. The zero-order valence-corrected chi connectivity index (χ0v) is 21.7. The van der Waals surface area contributed by atoms with Crippen LogP contribution in [0.5, 0.6) is 0 Å². The molecule has 3 aliphatic rings. The van der Waals surface area contributed by atoms with Gasteiger partial charge in [-0.2, -0.15) is 0 Å². The number of carbonyl (C=O) groups is 2. The van der Waals surface area contributed by atoms with Gasteiger partial charge in [-0.1, -0.05) is 0 Å². The fourth-order valence-corrected chi connectivity index (χ4v) is 4.87. The summed E-state index contributed by atoms with van der Waals surface area (Å²) < 4.78 is 27.5. The van der Waals surface area contributed by atoms with Crippen LogP contribution >= 0.6 is 0 Å². The molecule has 3 fully saturated rings. The molecule has 40 heavy (non-hydrogen) atoms. The molecule has 15 atom stereocenters. The summed E-state index contributed by atoms with van der Waals surface area (Å²) in [6.45, 7) is -0.106. The lowest BCUT2D eigenvalue weighted by atomic mass is 9.94. The van der Waals surface area contributed by atoms with Crippen molar-refractivity contribution in [2.45, 2.75) is 106 Å². The molecular formula is C22H38N2O16. The molecule has 0 aromatic heterocycles. The average molecular weight is 587 g/mol. The Morgan fingerprint density at radius 2 is 1.07 bits per heavy atom. The van der Waals surface area contributed by atoms with Crippen LogP contribution < -0.4 is 10.6 Å². The summed E-state index contributed by atoms with van der Waals surface area (Å²) in [5.74, 6) is -1.26. The lowest BCUT2D eigenvalue weighted by molar-refractivity contribution is -0.366. The second-order valence-corrected chi connectivity index (χ2v) is 9.81. The third-order valence-corrected chi connectivity index (χ3v) is 6.90. The molecule has 18 heteroatoms. The number of rotatable bonds is 9. The van der Waals surface area contributed by atoms with Gasteiger partial charge in [-0.15, -0.1) is 0 Å². The molecule has 0 radical (unpaired) electrons. The second-order valence-electron chi connectivity index (χ2n) is 9.81. The predicted octanol–water partition coefficient (Wildman–Crippen LogP) is -7.29. The fourth-order valence-electron chi connectivity index (χ4n) is 4.87. The average Bonchev–Trinajstić information content (AvgIpc) is 2.90. The number of amides is 2. The molecule has 3 saturated heterocycles. The van der Waals surface area contributed by atoms with E-state index in [0.717, 1.165) is 13.8 Å². The summed E-state index contributed by atoms with van der Waals surface area (Å²) in [6.07, 6.45) is -21.1. The van der Waals surface area contributed by atoms with E-state index in [1.54, 1.807) is 0 Å². The molecule has 0 spiro atoms. The Balaban J connectivity index is 1.78. The van der Waals surface area contributed by atoms with Crippen LogP contribution in [0.3, 0.4) is 0 Å². The van der Waals surface area contributed by atoms with Gasteiger partial charge in [-0.25, -0.2) is 0 Å². The predicted molar refractivity (Wildman–Crippen MR) is 124 cm³/mol. The van der Waals surface area contributed by atoms with Gasteiger partial charge in [0.2, 0.25) is 11.8 Å². The molecule has 0 bridgehead atoms. The van der Waals surface area contributed by atoms with Gasteiger partial charge < -0.3 is 80.3 Å². The van der Waals surface area contributed by atoms with Crippen molar-refractivity contribution >= 4 is 11.8 Å². The SMILES string of the molecule is CC(=O)N[C@H]1[C@H](O[C@@H]2[C@H](O)[C@@H](O)[C@H](O[C@H]3[C@H](O)[C@@H](NC(C)=O)C(O)O[C@@H]3CO)O[C@@H]2CO)O[C@H](CO)[C@H](O)[C@@H]1O. The third-order valence-electron chi connectivity index (χ3n) is 6.90. The van der Waals surface area contributed by atoms with E-state index in [9.17, 15) is 55.5 Å². The number of aliphatic hydroxyl groups excluding tert-OH is 9. The monoisotopic (exact) mass is 586 g/mol. The zero-order valence-electron chi connectivity index (χ0n) is 21.7. The van der Waals surface area contributed by atoms with Crippen LogP contribution in [0.15, 0.2) is 0 Å². The third kappa shape index (κ3) is 7.05. The van der Waals surface area contributed by atoms with Gasteiger partial charge in [0.25, 0.3) is 0 Å². The van der Waals surface area contributed by atoms with Gasteiger partial charge >= 0.3 is 0 Å². The maximum absolute atomic E-state index is 11.7. The number of nitrogens with one attached hydrogen (secondary N) is 2. The largest absolute Gasteiger partial charge is 0.394 e. The van der Waals surface area contributed by atoms with Gasteiger partial charge in [0.15, 0.2) is 18.9 Å². The highest BCUT2D eigenvalue weighted by Crippen LogP contribution is 2.32. The standard InChI is InChI=1S/C22H38N2O16/c1-6(28)23-11-15(32)18(9(4-26)36-20(11)35)40-22-17(34)16(33)19(10(5-27)38-22)39-21-12(24-7(2)29)14(31)13(30)8(3-25)37-21/h8-22,25-27,30-35H,3-5H2,1-2H3,(H,23,28)(H,24,29)/t8-,9-,10-,11-,12-,13+,14-,15-,16-,17-,18-,19+,20?,21+,22+/m1/s1. The lowest BCUT2D eigenvalue weighted by Crippen LogP contribution is -2.69. The van der Waals surface area contributed by atoms with Crippen LogP contribution in [-0.2, 0) is 33.3 Å². The number of aliphatic hydroxyl groups is 9. The molecule has 11 N–H and O–H groups in total. The maximum atomic E-state index is 11.7.